The van der Waals surface area contributed by atoms with Gasteiger partial charge in [0.25, 0.3) is 0 Å². The van der Waals surface area contributed by atoms with Gasteiger partial charge in [0, 0.05) is 0 Å². The molecule has 1 rings (SSSR count). The van der Waals surface area contributed by atoms with Crippen LogP contribution in [0.3, 0.4) is 0 Å². The minimum atomic E-state index is -0.399. The Kier molecular flexibility index (Phi) is 4.69. The molecule has 0 aliphatic heterocycles. The molecule has 0 bridgehead atoms. The summed E-state index contributed by atoms with van der Waals surface area (Å²) in [4.78, 5) is 23.0. The number of hydrogen-bond donors (Lipinski definition) is 0. The van der Waals surface area contributed by atoms with E-state index in [1.807, 2.05) is 13.0 Å². The second-order valence-corrected chi connectivity index (χ2v) is 3.58. The number of benzene rings is 1. The van der Waals surface area contributed by atoms with Crippen molar-refractivity contribution in [2.75, 3.05) is 13.7 Å². The Labute approximate surface area is 101 Å². The van der Waals surface area contributed by atoms with Crippen molar-refractivity contribution in [1.82, 2.24) is 0 Å². The molecule has 17 heavy (non-hydrogen) atoms. The fourth-order valence-corrected chi connectivity index (χ4v) is 1.60. The van der Waals surface area contributed by atoms with Crippen LogP contribution in [0.4, 0.5) is 0 Å². The molecule has 92 valence electrons. The fourth-order valence-electron chi connectivity index (χ4n) is 1.60. The second kappa shape index (κ2) is 6.03. The van der Waals surface area contributed by atoms with E-state index in [9.17, 15) is 9.59 Å². The summed E-state index contributed by atoms with van der Waals surface area (Å²) in [6.45, 7) is 3.87. The van der Waals surface area contributed by atoms with Gasteiger partial charge in [0.05, 0.1) is 25.7 Å². The van der Waals surface area contributed by atoms with Crippen molar-refractivity contribution in [2.45, 2.75) is 20.3 Å². The predicted octanol–water partition coefficient (Wildman–Crippen LogP) is 1.89. The van der Waals surface area contributed by atoms with Gasteiger partial charge in [-0.1, -0.05) is 18.2 Å². The number of methoxy groups -OCH3 is 1. The third-order valence-corrected chi connectivity index (χ3v) is 2.40. The molecule has 0 aliphatic rings. The van der Waals surface area contributed by atoms with Crippen molar-refractivity contribution in [2.24, 2.45) is 0 Å². The number of rotatable bonds is 4. The molecule has 0 radical (unpaired) electrons. The molecule has 0 amide bonds. The third-order valence-electron chi connectivity index (χ3n) is 2.40. The number of aryl methyl sites for hydroxylation is 1. The lowest BCUT2D eigenvalue weighted by Gasteiger charge is -2.10. The molecular weight excluding hydrogens is 220 g/mol. The van der Waals surface area contributed by atoms with Crippen LogP contribution in [0.25, 0.3) is 0 Å². The highest BCUT2D eigenvalue weighted by Crippen LogP contribution is 2.16. The summed E-state index contributed by atoms with van der Waals surface area (Å²) in [6, 6.07) is 5.35. The van der Waals surface area contributed by atoms with E-state index in [-0.39, 0.29) is 12.4 Å². The highest BCUT2D eigenvalue weighted by Gasteiger charge is 2.17. The van der Waals surface area contributed by atoms with E-state index in [1.54, 1.807) is 19.1 Å². The molecule has 0 atom stereocenters. The van der Waals surface area contributed by atoms with Gasteiger partial charge in [0.1, 0.15) is 0 Å². The van der Waals surface area contributed by atoms with E-state index in [1.165, 1.54) is 7.11 Å². The summed E-state index contributed by atoms with van der Waals surface area (Å²) in [6.07, 6.45) is 0.0757. The largest absolute Gasteiger partial charge is 0.469 e. The summed E-state index contributed by atoms with van der Waals surface area (Å²) in [5.74, 6) is -0.773. The Morgan fingerprint density at radius 3 is 2.59 bits per heavy atom. The minimum absolute atomic E-state index is 0.0757. The molecule has 0 heterocycles. The van der Waals surface area contributed by atoms with Crippen molar-refractivity contribution >= 4 is 11.9 Å². The number of ether oxygens (including phenoxy) is 2. The maximum absolute atomic E-state index is 11.8. The van der Waals surface area contributed by atoms with Gasteiger partial charge >= 0.3 is 11.9 Å². The van der Waals surface area contributed by atoms with E-state index >= 15 is 0 Å². The normalized spacial score (nSPS) is 9.82. The van der Waals surface area contributed by atoms with E-state index in [4.69, 9.17) is 4.74 Å². The zero-order valence-corrected chi connectivity index (χ0v) is 10.3. The number of esters is 2. The summed E-state index contributed by atoms with van der Waals surface area (Å²) in [7, 11) is 1.32. The zero-order chi connectivity index (χ0) is 12.8. The second-order valence-electron chi connectivity index (χ2n) is 3.58. The molecule has 4 nitrogen and oxygen atoms in total. The van der Waals surface area contributed by atoms with Gasteiger partial charge in [-0.15, -0.1) is 0 Å². The third kappa shape index (κ3) is 3.31. The molecule has 0 N–H and O–H groups in total. The molecule has 1 aromatic rings. The van der Waals surface area contributed by atoms with E-state index < -0.39 is 5.97 Å². The fraction of sp³-hybridized carbons (Fsp3) is 0.385. The smallest absolute Gasteiger partial charge is 0.338 e. The molecule has 0 unspecified atom stereocenters. The molecule has 0 aromatic heterocycles. The highest BCUT2D eigenvalue weighted by molar-refractivity contribution is 5.94. The van der Waals surface area contributed by atoms with Gasteiger partial charge in [0.15, 0.2) is 0 Å². The van der Waals surface area contributed by atoms with Crippen LogP contribution in [0.2, 0.25) is 0 Å². The minimum Gasteiger partial charge on any atom is -0.469 e. The van der Waals surface area contributed by atoms with Gasteiger partial charge in [-0.05, 0) is 25.0 Å². The molecule has 0 saturated carbocycles. The van der Waals surface area contributed by atoms with Crippen LogP contribution < -0.4 is 0 Å². The van der Waals surface area contributed by atoms with Crippen molar-refractivity contribution in [3.63, 3.8) is 0 Å². The molecule has 4 heteroatoms. The lowest BCUT2D eigenvalue weighted by molar-refractivity contribution is -0.139. The van der Waals surface area contributed by atoms with Crippen LogP contribution >= 0.6 is 0 Å². The highest BCUT2D eigenvalue weighted by atomic mass is 16.5. The van der Waals surface area contributed by atoms with Crippen LogP contribution in [-0.4, -0.2) is 25.7 Å². The summed E-state index contributed by atoms with van der Waals surface area (Å²) < 4.78 is 9.57. The summed E-state index contributed by atoms with van der Waals surface area (Å²) in [5, 5.41) is 0. The van der Waals surface area contributed by atoms with Crippen LogP contribution in [-0.2, 0) is 20.7 Å². The Balaban J connectivity index is 3.08. The van der Waals surface area contributed by atoms with Gasteiger partial charge in [-0.25, -0.2) is 4.79 Å². The Morgan fingerprint density at radius 2 is 2.00 bits per heavy atom. The van der Waals surface area contributed by atoms with Gasteiger partial charge in [-0.2, -0.15) is 0 Å². The van der Waals surface area contributed by atoms with E-state index in [0.29, 0.717) is 17.7 Å². The molecule has 1 aromatic carbocycles. The van der Waals surface area contributed by atoms with Gasteiger partial charge in [0.2, 0.25) is 0 Å². The Bertz CT molecular complexity index is 423. The molecule has 0 spiro atoms. The van der Waals surface area contributed by atoms with E-state index in [2.05, 4.69) is 4.74 Å². The lowest BCUT2D eigenvalue weighted by atomic mass is 10.00. The topological polar surface area (TPSA) is 52.6 Å². The quantitative estimate of drug-likeness (QED) is 0.749. The van der Waals surface area contributed by atoms with Crippen molar-refractivity contribution < 1.29 is 19.1 Å². The van der Waals surface area contributed by atoms with Crippen molar-refractivity contribution in [3.05, 3.63) is 34.9 Å². The molecule has 0 saturated heterocycles. The van der Waals surface area contributed by atoms with E-state index in [0.717, 1.165) is 5.56 Å². The summed E-state index contributed by atoms with van der Waals surface area (Å²) >= 11 is 0. The summed E-state index contributed by atoms with van der Waals surface area (Å²) in [5.41, 5.74) is 1.89. The number of hydrogen-bond acceptors (Lipinski definition) is 4. The number of carbonyl (C=O) groups excluding carboxylic acids is 2. The number of carbonyl (C=O) groups is 2. The Hall–Kier alpha value is -1.84. The SMILES string of the molecule is CCOC(=O)c1c(C)cccc1CC(=O)OC. The zero-order valence-electron chi connectivity index (χ0n) is 10.3. The lowest BCUT2D eigenvalue weighted by Crippen LogP contribution is -2.13. The standard InChI is InChI=1S/C13H16O4/c1-4-17-13(15)12-9(2)6-5-7-10(12)8-11(14)16-3/h5-7H,4,8H2,1-3H3. The first kappa shape index (κ1) is 13.2. The average Bonchev–Trinajstić information content (AvgIpc) is 2.29. The van der Waals surface area contributed by atoms with Crippen LogP contribution in [0.1, 0.15) is 28.4 Å². The van der Waals surface area contributed by atoms with Gasteiger partial charge in [-0.3, -0.25) is 4.79 Å². The van der Waals surface area contributed by atoms with Gasteiger partial charge < -0.3 is 9.47 Å². The van der Waals surface area contributed by atoms with Crippen LogP contribution in [0.15, 0.2) is 18.2 Å². The van der Waals surface area contributed by atoms with Crippen LogP contribution in [0.5, 0.6) is 0 Å². The Morgan fingerprint density at radius 1 is 1.29 bits per heavy atom. The molecular formula is C13H16O4. The first-order chi connectivity index (χ1) is 8.10. The predicted molar refractivity (Wildman–Crippen MR) is 62.9 cm³/mol. The van der Waals surface area contributed by atoms with Crippen LogP contribution in [0, 0.1) is 6.92 Å². The first-order valence-corrected chi connectivity index (χ1v) is 5.42. The van der Waals surface area contributed by atoms with Crippen molar-refractivity contribution in [3.8, 4) is 0 Å². The average molecular weight is 236 g/mol. The maximum Gasteiger partial charge on any atom is 0.338 e. The maximum atomic E-state index is 11.8. The molecule has 0 aliphatic carbocycles. The van der Waals surface area contributed by atoms with Crippen molar-refractivity contribution in [1.29, 1.82) is 0 Å². The monoisotopic (exact) mass is 236 g/mol. The molecule has 0 fully saturated rings. The first-order valence-electron chi connectivity index (χ1n) is 5.42.